The molecule has 0 aliphatic heterocycles. The third kappa shape index (κ3) is 7.82. The highest BCUT2D eigenvalue weighted by molar-refractivity contribution is 7.74. The number of carbonyl (C=O) groups excluding carboxylic acids is 2. The molecule has 46 heavy (non-hydrogen) atoms. The van der Waals surface area contributed by atoms with E-state index in [1.165, 1.54) is 13.8 Å². The van der Waals surface area contributed by atoms with E-state index in [-0.39, 0.29) is 34.4 Å². The summed E-state index contributed by atoms with van der Waals surface area (Å²) in [5.41, 5.74) is 0. The molecule has 0 heterocycles. The molecule has 0 bridgehead atoms. The quantitative estimate of drug-likeness (QED) is 0.107. The maximum Gasteiger partial charge on any atom is 0.339 e. The molecule has 0 N–H and O–H groups in total. The average molecular weight is 679 g/mol. The van der Waals surface area contributed by atoms with Crippen molar-refractivity contribution in [2.45, 2.75) is 26.1 Å². The van der Waals surface area contributed by atoms with Gasteiger partial charge in [-0.15, -0.1) is 0 Å². The Morgan fingerprint density at radius 1 is 0.500 bits per heavy atom. The zero-order valence-corrected chi connectivity index (χ0v) is 26.3. The Morgan fingerprint density at radius 2 is 0.717 bits per heavy atom. The van der Waals surface area contributed by atoms with Crippen molar-refractivity contribution in [1.82, 2.24) is 0 Å². The summed E-state index contributed by atoms with van der Waals surface area (Å²) in [6.07, 6.45) is -4.51. The van der Waals surface area contributed by atoms with E-state index >= 15 is 0 Å². The summed E-state index contributed by atoms with van der Waals surface area (Å²) in [5, 5.41) is -0.620. The maximum absolute atomic E-state index is 14.8. The first kappa shape index (κ1) is 34.8. The van der Waals surface area contributed by atoms with Gasteiger partial charge in [-0.25, -0.2) is 27.2 Å². The Morgan fingerprint density at radius 3 is 0.913 bits per heavy atom. The molecule has 0 aliphatic rings. The van der Waals surface area contributed by atoms with Crippen LogP contribution in [0.25, 0.3) is 0 Å². The van der Waals surface area contributed by atoms with Crippen LogP contribution in [0.15, 0.2) is 97.1 Å². The van der Waals surface area contributed by atoms with Crippen LogP contribution in [0.4, 0.5) is 17.6 Å². The lowest BCUT2D eigenvalue weighted by Crippen LogP contribution is -2.46. The van der Waals surface area contributed by atoms with Crippen molar-refractivity contribution in [2.24, 2.45) is 0 Å². The molecule has 2 atom stereocenters. The number of rotatable bonds is 13. The first-order valence-corrected chi connectivity index (χ1v) is 17.1. The van der Waals surface area contributed by atoms with Crippen LogP contribution in [0, 0.1) is 23.3 Å². The summed E-state index contributed by atoms with van der Waals surface area (Å²) in [6.45, 7) is 2.38. The predicted molar refractivity (Wildman–Crippen MR) is 162 cm³/mol. The van der Waals surface area contributed by atoms with Crippen molar-refractivity contribution in [1.29, 1.82) is 0 Å². The van der Waals surface area contributed by atoms with Gasteiger partial charge in [0.05, 0.1) is 13.2 Å². The SMILES string of the molecule is CCOC(=O)[C@H](OP(=O)(c1ccc(F)cc1)c1ccc(F)cc1)[C@@H](OP(=O)(c1ccc(F)cc1)c1ccc(F)cc1)C(=O)OCC. The zero-order valence-electron chi connectivity index (χ0n) is 24.5. The van der Waals surface area contributed by atoms with Crippen molar-refractivity contribution >= 4 is 47.9 Å². The number of ether oxygens (including phenoxy) is 2. The molecule has 8 nitrogen and oxygen atoms in total. The molecule has 242 valence electrons. The lowest BCUT2D eigenvalue weighted by molar-refractivity contribution is -0.168. The Hall–Kier alpha value is -4.08. The molecule has 0 aliphatic carbocycles. The van der Waals surface area contributed by atoms with Gasteiger partial charge >= 0.3 is 11.9 Å². The molecule has 0 aromatic heterocycles. The Labute approximate surface area is 262 Å². The molecule has 4 aromatic carbocycles. The number of hydrogen-bond acceptors (Lipinski definition) is 8. The molecule has 0 unspecified atom stereocenters. The highest BCUT2D eigenvalue weighted by Crippen LogP contribution is 2.50. The molecule has 0 amide bonds. The van der Waals surface area contributed by atoms with Crippen molar-refractivity contribution in [2.75, 3.05) is 13.2 Å². The fourth-order valence-corrected chi connectivity index (χ4v) is 8.59. The van der Waals surface area contributed by atoms with E-state index in [9.17, 15) is 36.3 Å². The van der Waals surface area contributed by atoms with Crippen LogP contribution in [0.5, 0.6) is 0 Å². The second kappa shape index (κ2) is 15.0. The molecule has 0 saturated carbocycles. The number of benzene rings is 4. The fourth-order valence-electron chi connectivity index (χ4n) is 4.30. The molecule has 0 saturated heterocycles. The van der Waals surface area contributed by atoms with E-state index in [0.717, 1.165) is 97.1 Å². The first-order valence-electron chi connectivity index (χ1n) is 13.9. The zero-order chi connectivity index (χ0) is 33.5. The molecule has 4 rings (SSSR count). The van der Waals surface area contributed by atoms with Crippen LogP contribution >= 0.6 is 14.7 Å². The van der Waals surface area contributed by atoms with Crippen molar-refractivity contribution < 1.29 is 54.8 Å². The van der Waals surface area contributed by atoms with Gasteiger partial charge in [0.15, 0.2) is 12.2 Å². The molecule has 0 radical (unpaired) electrons. The summed E-state index contributed by atoms with van der Waals surface area (Å²) in [4.78, 5) is 27.1. The monoisotopic (exact) mass is 678 g/mol. The number of hydrogen-bond donors (Lipinski definition) is 0. The van der Waals surface area contributed by atoms with Gasteiger partial charge in [0.25, 0.3) is 14.7 Å². The number of halogens is 4. The van der Waals surface area contributed by atoms with Crippen molar-refractivity contribution in [3.63, 3.8) is 0 Å². The Kier molecular flexibility index (Phi) is 11.3. The summed E-state index contributed by atoms with van der Waals surface area (Å²) in [7, 11) is -9.09. The van der Waals surface area contributed by atoms with E-state index in [4.69, 9.17) is 18.5 Å². The van der Waals surface area contributed by atoms with E-state index in [1.54, 1.807) is 0 Å². The standard InChI is InChI=1S/C32H28F4O8P2/c1-3-41-31(37)29(43-45(39,25-13-5-21(33)6-14-25)26-15-7-22(34)8-16-26)30(32(38)42-4-2)44-46(40,27-17-9-23(35)10-18-27)28-19-11-24(36)12-20-28/h5-20,29-30H,3-4H2,1-2H3/t29-,30-/m1/s1. The predicted octanol–water partition coefficient (Wildman–Crippen LogP) is 5.30. The van der Waals surface area contributed by atoms with Gasteiger partial charge in [-0.3, -0.25) is 9.13 Å². The van der Waals surface area contributed by atoms with Gasteiger partial charge in [0.2, 0.25) is 0 Å². The lowest BCUT2D eigenvalue weighted by atomic mass is 10.2. The van der Waals surface area contributed by atoms with Gasteiger partial charge in [-0.05, 0) is 111 Å². The molecular formula is C32H28F4O8P2. The van der Waals surface area contributed by atoms with Crippen LogP contribution in [0.3, 0.4) is 0 Å². The summed E-state index contributed by atoms with van der Waals surface area (Å²) in [5.74, 6) is -5.33. The van der Waals surface area contributed by atoms with Crippen molar-refractivity contribution in [3.8, 4) is 0 Å². The topological polar surface area (TPSA) is 105 Å². The van der Waals surface area contributed by atoms with Crippen molar-refractivity contribution in [3.05, 3.63) is 120 Å². The van der Waals surface area contributed by atoms with Gasteiger partial charge < -0.3 is 18.5 Å². The van der Waals surface area contributed by atoms with Gasteiger partial charge in [-0.1, -0.05) is 0 Å². The minimum atomic E-state index is -4.54. The largest absolute Gasteiger partial charge is 0.464 e. The second-order valence-corrected chi connectivity index (χ2v) is 14.3. The lowest BCUT2D eigenvalue weighted by Gasteiger charge is -2.31. The molecule has 14 heteroatoms. The van der Waals surface area contributed by atoms with Crippen LogP contribution in [-0.2, 0) is 37.2 Å². The van der Waals surface area contributed by atoms with Gasteiger partial charge in [0, 0.05) is 21.2 Å². The maximum atomic E-state index is 14.8. The summed E-state index contributed by atoms with van der Waals surface area (Å²) in [6, 6.07) is 16.7. The normalized spacial score (nSPS) is 13.1. The molecular weight excluding hydrogens is 650 g/mol. The smallest absolute Gasteiger partial charge is 0.339 e. The Bertz CT molecular complexity index is 1520. The van der Waals surface area contributed by atoms with Gasteiger partial charge in [-0.2, -0.15) is 0 Å². The van der Waals surface area contributed by atoms with E-state index in [0.29, 0.717) is 0 Å². The van der Waals surface area contributed by atoms with Crippen LogP contribution in [0.1, 0.15) is 13.8 Å². The minimum Gasteiger partial charge on any atom is -0.464 e. The van der Waals surface area contributed by atoms with Crippen LogP contribution in [0.2, 0.25) is 0 Å². The van der Waals surface area contributed by atoms with E-state index < -0.39 is 62.2 Å². The summed E-state index contributed by atoms with van der Waals surface area (Å²) < 4.78 is 107. The highest BCUT2D eigenvalue weighted by Gasteiger charge is 2.48. The first-order chi connectivity index (χ1) is 21.9. The molecule has 0 fully saturated rings. The highest BCUT2D eigenvalue weighted by atomic mass is 31.2. The minimum absolute atomic E-state index is 0.155. The van der Waals surface area contributed by atoms with Crippen LogP contribution in [-0.4, -0.2) is 37.4 Å². The average Bonchev–Trinajstić information content (AvgIpc) is 3.04. The number of esters is 2. The number of carbonyl (C=O) groups is 2. The molecule has 0 spiro atoms. The Balaban J connectivity index is 1.93. The van der Waals surface area contributed by atoms with E-state index in [2.05, 4.69) is 0 Å². The third-order valence-corrected chi connectivity index (χ3v) is 11.5. The van der Waals surface area contributed by atoms with Crippen LogP contribution < -0.4 is 21.2 Å². The van der Waals surface area contributed by atoms with E-state index in [1.807, 2.05) is 0 Å². The van der Waals surface area contributed by atoms with Gasteiger partial charge in [0.1, 0.15) is 23.3 Å². The summed E-state index contributed by atoms with van der Waals surface area (Å²) >= 11 is 0. The fraction of sp³-hybridized carbons (Fsp3) is 0.188. The molecule has 4 aromatic rings. The second-order valence-electron chi connectivity index (χ2n) is 9.56. The third-order valence-electron chi connectivity index (χ3n) is 6.50.